The maximum atomic E-state index is 12.7. The van der Waals surface area contributed by atoms with E-state index in [9.17, 15) is 9.59 Å². The first kappa shape index (κ1) is 16.5. The van der Waals surface area contributed by atoms with Crippen molar-refractivity contribution in [2.45, 2.75) is 51.4 Å². The topological polar surface area (TPSA) is 78.1 Å². The van der Waals surface area contributed by atoms with Gasteiger partial charge in [0, 0.05) is 35.8 Å². The van der Waals surface area contributed by atoms with Gasteiger partial charge in [0.25, 0.3) is 0 Å². The number of amides is 2. The minimum absolute atomic E-state index is 0.0190. The summed E-state index contributed by atoms with van der Waals surface area (Å²) >= 11 is 0. The predicted molar refractivity (Wildman–Crippen MR) is 103 cm³/mol. The summed E-state index contributed by atoms with van der Waals surface area (Å²) in [6, 6.07) is 6.27. The molecule has 0 spiro atoms. The Bertz CT molecular complexity index is 928. The van der Waals surface area contributed by atoms with Gasteiger partial charge in [0.2, 0.25) is 11.8 Å². The molecule has 1 aromatic heterocycles. The molecule has 2 N–H and O–H groups in total. The van der Waals surface area contributed by atoms with Gasteiger partial charge in [-0.25, -0.2) is 0 Å². The lowest BCUT2D eigenvalue weighted by Gasteiger charge is -2.18. The average molecular weight is 364 g/mol. The summed E-state index contributed by atoms with van der Waals surface area (Å²) in [4.78, 5) is 27.0. The predicted octanol–water partition coefficient (Wildman–Crippen LogP) is 3.08. The number of hydrogen-bond donors (Lipinski definition) is 2. The normalized spacial score (nSPS) is 21.6. The van der Waals surface area contributed by atoms with E-state index in [1.165, 1.54) is 30.4 Å². The Morgan fingerprint density at radius 2 is 2.07 bits per heavy atom. The minimum atomic E-state index is -0.341. The van der Waals surface area contributed by atoms with Crippen molar-refractivity contribution in [3.05, 3.63) is 40.6 Å². The number of H-pyrrole nitrogens is 1. The highest BCUT2D eigenvalue weighted by atomic mass is 16.2. The standard InChI is InChI=1S/C21H24N4O2/c1-12-19(14-5-6-14)23-24-20(12)22-21(27)16-10-18(26)25(11-16)17-8-7-13-3-2-4-15(13)9-17/h7-9,14,16H,2-6,10-11H2,1H3,(H2,22,23,24,27)/t16-/m1/s1. The number of aryl methyl sites for hydroxylation is 2. The molecule has 0 unspecified atom stereocenters. The summed E-state index contributed by atoms with van der Waals surface area (Å²) in [5, 5.41) is 10.3. The highest BCUT2D eigenvalue weighted by Crippen LogP contribution is 2.41. The quantitative estimate of drug-likeness (QED) is 0.875. The number of rotatable bonds is 4. The highest BCUT2D eigenvalue weighted by molar-refractivity contribution is 6.03. The van der Waals surface area contributed by atoms with Crippen molar-refractivity contribution in [1.82, 2.24) is 10.2 Å². The zero-order valence-corrected chi connectivity index (χ0v) is 15.5. The maximum Gasteiger partial charge on any atom is 0.231 e. The third-order valence-corrected chi connectivity index (χ3v) is 6.16. The molecular weight excluding hydrogens is 340 g/mol. The van der Waals surface area contributed by atoms with Gasteiger partial charge in [-0.05, 0) is 62.3 Å². The minimum Gasteiger partial charge on any atom is -0.312 e. The van der Waals surface area contributed by atoms with E-state index in [0.717, 1.165) is 29.8 Å². The van der Waals surface area contributed by atoms with Gasteiger partial charge in [-0.1, -0.05) is 6.07 Å². The number of anilines is 2. The molecule has 1 saturated heterocycles. The lowest BCUT2D eigenvalue weighted by atomic mass is 10.1. The smallest absolute Gasteiger partial charge is 0.231 e. The van der Waals surface area contributed by atoms with Crippen LogP contribution in [0.1, 0.15) is 54.0 Å². The van der Waals surface area contributed by atoms with Crippen LogP contribution in [0.3, 0.4) is 0 Å². The molecule has 2 aliphatic carbocycles. The van der Waals surface area contributed by atoms with E-state index < -0.39 is 0 Å². The summed E-state index contributed by atoms with van der Waals surface area (Å²) in [7, 11) is 0. The largest absolute Gasteiger partial charge is 0.312 e. The molecule has 1 atom stereocenters. The molecular formula is C21H24N4O2. The van der Waals surface area contributed by atoms with Crippen molar-refractivity contribution < 1.29 is 9.59 Å². The number of fused-ring (bicyclic) bond motifs is 1. The summed E-state index contributed by atoms with van der Waals surface area (Å²) < 4.78 is 0. The van der Waals surface area contributed by atoms with E-state index in [0.29, 0.717) is 18.3 Å². The molecule has 6 nitrogen and oxygen atoms in total. The summed E-state index contributed by atoms with van der Waals surface area (Å²) in [5.74, 6) is 0.720. The molecule has 1 aromatic carbocycles. The van der Waals surface area contributed by atoms with Crippen LogP contribution in [0.15, 0.2) is 18.2 Å². The van der Waals surface area contributed by atoms with Crippen LogP contribution in [0.2, 0.25) is 0 Å². The van der Waals surface area contributed by atoms with Gasteiger partial charge in [0.1, 0.15) is 0 Å². The van der Waals surface area contributed by atoms with Crippen LogP contribution in [0.25, 0.3) is 0 Å². The van der Waals surface area contributed by atoms with Crippen LogP contribution < -0.4 is 10.2 Å². The van der Waals surface area contributed by atoms with E-state index in [-0.39, 0.29) is 24.2 Å². The number of carbonyl (C=O) groups excluding carboxylic acids is 2. The summed E-state index contributed by atoms with van der Waals surface area (Å²) in [6.07, 6.45) is 6.01. The van der Waals surface area contributed by atoms with Crippen molar-refractivity contribution in [2.24, 2.45) is 5.92 Å². The second-order valence-electron chi connectivity index (χ2n) is 8.09. The van der Waals surface area contributed by atoms with Crippen molar-refractivity contribution in [3.63, 3.8) is 0 Å². The number of nitrogens with zero attached hydrogens (tertiary/aromatic N) is 2. The molecule has 0 bridgehead atoms. The summed E-state index contributed by atoms with van der Waals surface area (Å²) in [5.41, 5.74) is 5.80. The molecule has 3 aliphatic rings. The van der Waals surface area contributed by atoms with Gasteiger partial charge in [0.05, 0.1) is 5.92 Å². The Morgan fingerprint density at radius 3 is 2.89 bits per heavy atom. The van der Waals surface area contributed by atoms with Gasteiger partial charge in [-0.3, -0.25) is 14.7 Å². The molecule has 27 heavy (non-hydrogen) atoms. The van der Waals surface area contributed by atoms with Gasteiger partial charge in [-0.15, -0.1) is 0 Å². The molecule has 2 heterocycles. The zero-order valence-electron chi connectivity index (χ0n) is 15.5. The Kier molecular flexibility index (Phi) is 3.81. The fraction of sp³-hybridized carbons (Fsp3) is 0.476. The highest BCUT2D eigenvalue weighted by Gasteiger charge is 2.36. The Balaban J connectivity index is 1.29. The lowest BCUT2D eigenvalue weighted by molar-refractivity contribution is -0.122. The van der Waals surface area contributed by atoms with Crippen LogP contribution in [0.5, 0.6) is 0 Å². The average Bonchev–Trinajstić information content (AvgIpc) is 3.09. The third kappa shape index (κ3) is 2.93. The van der Waals surface area contributed by atoms with Crippen LogP contribution >= 0.6 is 0 Å². The number of hydrogen-bond acceptors (Lipinski definition) is 3. The van der Waals surface area contributed by atoms with Crippen LogP contribution in [-0.4, -0.2) is 28.6 Å². The molecule has 0 radical (unpaired) electrons. The lowest BCUT2D eigenvalue weighted by Crippen LogP contribution is -2.28. The van der Waals surface area contributed by atoms with Gasteiger partial charge < -0.3 is 10.2 Å². The SMILES string of the molecule is Cc1c(NC(=O)[C@@H]2CC(=O)N(c3ccc4c(c3)CCC4)C2)n[nH]c1C1CC1. The molecule has 2 aromatic rings. The van der Waals surface area contributed by atoms with Crippen LogP contribution in [0, 0.1) is 12.8 Å². The first-order chi connectivity index (χ1) is 13.1. The number of carbonyl (C=O) groups is 2. The zero-order chi connectivity index (χ0) is 18.5. The van der Waals surface area contributed by atoms with E-state index in [2.05, 4.69) is 27.6 Å². The Labute approximate surface area is 158 Å². The third-order valence-electron chi connectivity index (χ3n) is 6.16. The Hall–Kier alpha value is -2.63. The van der Waals surface area contributed by atoms with Crippen molar-refractivity contribution in [1.29, 1.82) is 0 Å². The fourth-order valence-electron chi connectivity index (χ4n) is 4.38. The second-order valence-corrected chi connectivity index (χ2v) is 8.09. The summed E-state index contributed by atoms with van der Waals surface area (Å²) in [6.45, 7) is 2.42. The van der Waals surface area contributed by atoms with Gasteiger partial charge in [0.15, 0.2) is 5.82 Å². The first-order valence-electron chi connectivity index (χ1n) is 9.88. The van der Waals surface area contributed by atoms with Crippen molar-refractivity contribution in [2.75, 3.05) is 16.8 Å². The van der Waals surface area contributed by atoms with Gasteiger partial charge in [-0.2, -0.15) is 5.10 Å². The maximum absolute atomic E-state index is 12.7. The molecule has 5 rings (SSSR count). The van der Waals surface area contributed by atoms with Crippen molar-refractivity contribution in [3.8, 4) is 0 Å². The van der Waals surface area contributed by atoms with E-state index >= 15 is 0 Å². The number of benzene rings is 1. The monoisotopic (exact) mass is 364 g/mol. The van der Waals surface area contributed by atoms with Crippen LogP contribution in [-0.2, 0) is 22.4 Å². The number of aromatic nitrogens is 2. The van der Waals surface area contributed by atoms with Crippen LogP contribution in [0.4, 0.5) is 11.5 Å². The molecule has 2 fully saturated rings. The van der Waals surface area contributed by atoms with E-state index in [4.69, 9.17) is 0 Å². The fourth-order valence-corrected chi connectivity index (χ4v) is 4.38. The second kappa shape index (κ2) is 6.22. The molecule has 1 aliphatic heterocycles. The number of nitrogens with one attached hydrogen (secondary N) is 2. The molecule has 2 amide bonds. The molecule has 6 heteroatoms. The molecule has 1 saturated carbocycles. The van der Waals surface area contributed by atoms with Gasteiger partial charge >= 0.3 is 0 Å². The first-order valence-corrected chi connectivity index (χ1v) is 9.88. The van der Waals surface area contributed by atoms with E-state index in [1.807, 2.05) is 13.0 Å². The Morgan fingerprint density at radius 1 is 1.26 bits per heavy atom. The van der Waals surface area contributed by atoms with Crippen molar-refractivity contribution >= 4 is 23.3 Å². The number of aromatic amines is 1. The molecule has 140 valence electrons. The van der Waals surface area contributed by atoms with E-state index in [1.54, 1.807) is 4.90 Å².